The molecule has 0 atom stereocenters. The molecule has 0 saturated heterocycles. The van der Waals surface area contributed by atoms with Crippen molar-refractivity contribution in [3.05, 3.63) is 65.7 Å². The first kappa shape index (κ1) is 20.4. The standard InChI is InChI=1S/C23H23N7OS/c1-15-8-9-16(2)19(12-15)20-13-21(29(26-20)17-6-4-3-5-7-17)24-22(31)14-32-23-25-27-28-30(23)18-10-11-18/h3-9,12-13,18H,10-11,14H2,1-2H3,(H,24,31). The zero-order chi connectivity index (χ0) is 22.1. The lowest BCUT2D eigenvalue weighted by Crippen LogP contribution is -2.17. The van der Waals surface area contributed by atoms with Gasteiger partial charge >= 0.3 is 0 Å². The lowest BCUT2D eigenvalue weighted by molar-refractivity contribution is -0.113. The lowest BCUT2D eigenvalue weighted by Gasteiger charge is -2.08. The molecule has 1 fully saturated rings. The maximum absolute atomic E-state index is 12.8. The normalized spacial score (nSPS) is 13.3. The van der Waals surface area contributed by atoms with Gasteiger partial charge in [0.25, 0.3) is 0 Å². The number of carbonyl (C=O) groups is 1. The molecule has 1 amide bonds. The molecular formula is C23H23N7OS. The summed E-state index contributed by atoms with van der Waals surface area (Å²) in [6.45, 7) is 4.13. The number of rotatable bonds is 7. The summed E-state index contributed by atoms with van der Waals surface area (Å²) in [6, 6.07) is 18.4. The van der Waals surface area contributed by atoms with E-state index in [9.17, 15) is 4.79 Å². The van der Waals surface area contributed by atoms with Gasteiger partial charge in [-0.05, 0) is 60.9 Å². The number of amides is 1. The van der Waals surface area contributed by atoms with Crippen molar-refractivity contribution >= 4 is 23.5 Å². The highest BCUT2D eigenvalue weighted by Gasteiger charge is 2.28. The minimum absolute atomic E-state index is 0.134. The van der Waals surface area contributed by atoms with E-state index in [4.69, 9.17) is 5.10 Å². The second-order valence-electron chi connectivity index (χ2n) is 7.95. The second-order valence-corrected chi connectivity index (χ2v) is 8.90. The van der Waals surface area contributed by atoms with Crippen molar-refractivity contribution in [2.45, 2.75) is 37.9 Å². The third-order valence-electron chi connectivity index (χ3n) is 5.33. The highest BCUT2D eigenvalue weighted by atomic mass is 32.2. The van der Waals surface area contributed by atoms with Crippen molar-refractivity contribution in [1.82, 2.24) is 30.0 Å². The van der Waals surface area contributed by atoms with E-state index in [1.165, 1.54) is 11.8 Å². The Kier molecular flexibility index (Phi) is 5.48. The molecule has 0 spiro atoms. The van der Waals surface area contributed by atoms with Crippen LogP contribution in [0.3, 0.4) is 0 Å². The van der Waals surface area contributed by atoms with Gasteiger partial charge in [0.15, 0.2) is 0 Å². The Hall–Kier alpha value is -3.46. The summed E-state index contributed by atoms with van der Waals surface area (Å²) in [5.41, 5.74) is 5.04. The molecule has 0 unspecified atom stereocenters. The Morgan fingerprint density at radius 3 is 2.72 bits per heavy atom. The predicted molar refractivity (Wildman–Crippen MR) is 124 cm³/mol. The molecule has 5 rings (SSSR count). The maximum Gasteiger partial charge on any atom is 0.236 e. The fourth-order valence-corrected chi connectivity index (χ4v) is 4.26. The van der Waals surface area contributed by atoms with Crippen molar-refractivity contribution in [2.24, 2.45) is 0 Å². The van der Waals surface area contributed by atoms with Crippen LogP contribution in [-0.2, 0) is 4.79 Å². The van der Waals surface area contributed by atoms with E-state index < -0.39 is 0 Å². The van der Waals surface area contributed by atoms with Crippen LogP contribution in [0.4, 0.5) is 5.82 Å². The number of thioether (sulfide) groups is 1. The zero-order valence-electron chi connectivity index (χ0n) is 17.9. The minimum atomic E-state index is -0.134. The summed E-state index contributed by atoms with van der Waals surface area (Å²) >= 11 is 1.34. The highest BCUT2D eigenvalue weighted by Crippen LogP contribution is 2.36. The molecule has 0 aliphatic heterocycles. The van der Waals surface area contributed by atoms with Gasteiger partial charge in [-0.15, -0.1) is 5.10 Å². The number of carbonyl (C=O) groups excluding carboxylic acids is 1. The molecule has 2 aromatic heterocycles. The van der Waals surface area contributed by atoms with Crippen molar-refractivity contribution in [3.8, 4) is 16.9 Å². The zero-order valence-corrected chi connectivity index (χ0v) is 18.7. The Labute approximate surface area is 190 Å². The summed E-state index contributed by atoms with van der Waals surface area (Å²) in [7, 11) is 0. The molecule has 2 aromatic carbocycles. The molecule has 1 saturated carbocycles. The summed E-state index contributed by atoms with van der Waals surface area (Å²) in [6.07, 6.45) is 2.17. The van der Waals surface area contributed by atoms with E-state index in [-0.39, 0.29) is 11.7 Å². The number of nitrogens with zero attached hydrogens (tertiary/aromatic N) is 6. The number of para-hydroxylation sites is 1. The fourth-order valence-electron chi connectivity index (χ4n) is 3.52. The fraction of sp³-hybridized carbons (Fsp3) is 0.261. The minimum Gasteiger partial charge on any atom is -0.310 e. The van der Waals surface area contributed by atoms with E-state index in [1.54, 1.807) is 4.68 Å². The van der Waals surface area contributed by atoms with Crippen LogP contribution in [0.15, 0.2) is 59.8 Å². The van der Waals surface area contributed by atoms with Crippen molar-refractivity contribution in [2.75, 3.05) is 11.1 Å². The summed E-state index contributed by atoms with van der Waals surface area (Å²) < 4.78 is 3.58. The lowest BCUT2D eigenvalue weighted by atomic mass is 10.0. The van der Waals surface area contributed by atoms with Crippen LogP contribution in [0.25, 0.3) is 16.9 Å². The van der Waals surface area contributed by atoms with Crippen molar-refractivity contribution in [1.29, 1.82) is 0 Å². The first-order chi connectivity index (χ1) is 15.6. The molecule has 162 valence electrons. The summed E-state index contributed by atoms with van der Waals surface area (Å²) in [4.78, 5) is 12.8. The molecule has 4 aromatic rings. The quantitative estimate of drug-likeness (QED) is 0.429. The van der Waals surface area contributed by atoms with Crippen LogP contribution in [0.2, 0.25) is 0 Å². The predicted octanol–water partition coefficient (Wildman–Crippen LogP) is 4.21. The number of aryl methyl sites for hydroxylation is 2. The van der Waals surface area contributed by atoms with E-state index in [0.29, 0.717) is 17.0 Å². The van der Waals surface area contributed by atoms with Gasteiger partial charge in [-0.3, -0.25) is 4.79 Å². The van der Waals surface area contributed by atoms with Crippen molar-refractivity contribution < 1.29 is 4.79 Å². The monoisotopic (exact) mass is 445 g/mol. The van der Waals surface area contributed by atoms with Crippen LogP contribution in [0.1, 0.15) is 30.0 Å². The Morgan fingerprint density at radius 2 is 1.94 bits per heavy atom. The molecule has 2 heterocycles. The van der Waals surface area contributed by atoms with E-state index in [1.807, 2.05) is 41.1 Å². The van der Waals surface area contributed by atoms with Gasteiger partial charge in [0.1, 0.15) is 5.82 Å². The summed E-state index contributed by atoms with van der Waals surface area (Å²) in [5.74, 6) is 0.704. The first-order valence-electron chi connectivity index (χ1n) is 10.5. The Morgan fingerprint density at radius 1 is 1.12 bits per heavy atom. The number of hydrogen-bond donors (Lipinski definition) is 1. The van der Waals surface area contributed by atoms with Gasteiger partial charge < -0.3 is 5.32 Å². The molecule has 1 aliphatic carbocycles. The smallest absolute Gasteiger partial charge is 0.236 e. The van der Waals surface area contributed by atoms with Gasteiger partial charge in [0.2, 0.25) is 11.1 Å². The molecule has 9 heteroatoms. The Bertz CT molecular complexity index is 1260. The van der Waals surface area contributed by atoms with E-state index in [0.717, 1.165) is 40.9 Å². The van der Waals surface area contributed by atoms with E-state index >= 15 is 0 Å². The molecular weight excluding hydrogens is 422 g/mol. The van der Waals surface area contributed by atoms with Crippen LogP contribution < -0.4 is 5.32 Å². The van der Waals surface area contributed by atoms with E-state index in [2.05, 4.69) is 52.9 Å². The molecule has 8 nitrogen and oxygen atoms in total. The Balaban J connectivity index is 1.40. The van der Waals surface area contributed by atoms with Crippen LogP contribution in [0.5, 0.6) is 0 Å². The van der Waals surface area contributed by atoms with Gasteiger partial charge in [-0.25, -0.2) is 9.36 Å². The SMILES string of the molecule is Cc1ccc(C)c(-c2cc(NC(=O)CSc3nnnn3C3CC3)n(-c3ccccc3)n2)c1. The molecule has 1 aliphatic rings. The highest BCUT2D eigenvalue weighted by molar-refractivity contribution is 7.99. The molecule has 32 heavy (non-hydrogen) atoms. The van der Waals surface area contributed by atoms with Gasteiger partial charge in [-0.2, -0.15) is 5.10 Å². The largest absolute Gasteiger partial charge is 0.310 e. The number of benzene rings is 2. The molecule has 0 radical (unpaired) electrons. The molecule has 0 bridgehead atoms. The average molecular weight is 446 g/mol. The maximum atomic E-state index is 12.8. The van der Waals surface area contributed by atoms with Crippen LogP contribution >= 0.6 is 11.8 Å². The summed E-state index contributed by atoms with van der Waals surface area (Å²) in [5, 5.41) is 20.4. The molecule has 1 N–H and O–H groups in total. The number of hydrogen-bond acceptors (Lipinski definition) is 6. The number of aromatic nitrogens is 6. The number of anilines is 1. The third-order valence-corrected chi connectivity index (χ3v) is 6.27. The average Bonchev–Trinajstić information content (AvgIpc) is 3.39. The second kappa shape index (κ2) is 8.58. The number of nitrogens with one attached hydrogen (secondary N) is 1. The first-order valence-corrected chi connectivity index (χ1v) is 11.5. The third kappa shape index (κ3) is 4.29. The van der Waals surface area contributed by atoms with Gasteiger partial charge in [0, 0.05) is 11.6 Å². The van der Waals surface area contributed by atoms with Crippen LogP contribution in [0, 0.1) is 13.8 Å². The number of tetrazole rings is 1. The van der Waals surface area contributed by atoms with Gasteiger partial charge in [-0.1, -0.05) is 47.7 Å². The topological polar surface area (TPSA) is 90.5 Å². The van der Waals surface area contributed by atoms with Crippen molar-refractivity contribution in [3.63, 3.8) is 0 Å². The van der Waals surface area contributed by atoms with Crippen LogP contribution in [-0.4, -0.2) is 41.6 Å². The van der Waals surface area contributed by atoms with Gasteiger partial charge in [0.05, 0.1) is 23.2 Å².